The number of piperidine rings is 1. The minimum Gasteiger partial charge on any atom is -0.367 e. The third kappa shape index (κ3) is 2.26. The number of rotatable bonds is 3. The zero-order valence-electron chi connectivity index (χ0n) is 13.9. The topological polar surface area (TPSA) is 6.48 Å². The van der Waals surface area contributed by atoms with Gasteiger partial charge in [-0.05, 0) is 48.1 Å². The van der Waals surface area contributed by atoms with Crippen LogP contribution in [0.2, 0.25) is 0 Å². The second kappa shape index (κ2) is 5.59. The fourth-order valence-electron chi connectivity index (χ4n) is 4.97. The van der Waals surface area contributed by atoms with Crippen molar-refractivity contribution in [2.24, 2.45) is 0 Å². The Kier molecular flexibility index (Phi) is 3.37. The minimum absolute atomic E-state index is 0.146. The van der Waals surface area contributed by atoms with Gasteiger partial charge in [-0.15, -0.1) is 0 Å². The third-order valence-corrected chi connectivity index (χ3v) is 6.15. The molecule has 0 bridgehead atoms. The van der Waals surface area contributed by atoms with E-state index in [4.69, 9.17) is 0 Å². The average molecular weight is 322 g/mol. The van der Waals surface area contributed by atoms with Crippen LogP contribution in [0.4, 0.5) is 10.1 Å². The van der Waals surface area contributed by atoms with E-state index in [2.05, 4.69) is 28.0 Å². The first-order chi connectivity index (χ1) is 11.8. The number of likely N-dealkylation sites (tertiary alicyclic amines) is 1. The summed E-state index contributed by atoms with van der Waals surface area (Å²) in [4.78, 5) is 5.29. The quantitative estimate of drug-likeness (QED) is 0.852. The summed E-state index contributed by atoms with van der Waals surface area (Å²) >= 11 is 0. The summed E-state index contributed by atoms with van der Waals surface area (Å²) in [7, 11) is 0. The van der Waals surface area contributed by atoms with Crippen LogP contribution >= 0.6 is 0 Å². The van der Waals surface area contributed by atoms with Crippen molar-refractivity contribution in [1.29, 1.82) is 0 Å². The smallest absolute Gasteiger partial charge is 0.123 e. The molecule has 3 heterocycles. The summed E-state index contributed by atoms with van der Waals surface area (Å²) in [6.45, 7) is 4.63. The van der Waals surface area contributed by atoms with Crippen molar-refractivity contribution in [2.75, 3.05) is 31.1 Å². The van der Waals surface area contributed by atoms with Gasteiger partial charge in [-0.1, -0.05) is 30.3 Å². The van der Waals surface area contributed by atoms with E-state index in [-0.39, 0.29) is 5.82 Å². The van der Waals surface area contributed by atoms with E-state index in [0.29, 0.717) is 12.0 Å². The molecule has 0 amide bonds. The van der Waals surface area contributed by atoms with Gasteiger partial charge in [0.15, 0.2) is 0 Å². The fraction of sp³-hybridized carbons (Fsp3) is 0.429. The lowest BCUT2D eigenvalue weighted by Gasteiger charge is -2.38. The van der Waals surface area contributed by atoms with Crippen molar-refractivity contribution >= 4 is 5.69 Å². The lowest BCUT2D eigenvalue weighted by Crippen LogP contribution is -2.46. The molecule has 3 heteroatoms. The van der Waals surface area contributed by atoms with Crippen molar-refractivity contribution in [1.82, 2.24) is 4.90 Å². The monoisotopic (exact) mass is 322 g/mol. The minimum atomic E-state index is -0.146. The Labute approximate surface area is 142 Å². The first-order valence-electron chi connectivity index (χ1n) is 9.15. The molecule has 1 saturated heterocycles. The molecule has 2 aromatic rings. The molecule has 124 valence electrons. The predicted molar refractivity (Wildman–Crippen MR) is 95.2 cm³/mol. The van der Waals surface area contributed by atoms with Crippen molar-refractivity contribution in [2.45, 2.75) is 31.2 Å². The van der Waals surface area contributed by atoms with Crippen molar-refractivity contribution in [3.63, 3.8) is 0 Å². The van der Waals surface area contributed by atoms with E-state index in [1.807, 2.05) is 12.1 Å². The van der Waals surface area contributed by atoms with Gasteiger partial charge in [0.2, 0.25) is 0 Å². The molecule has 0 N–H and O–H groups in total. The van der Waals surface area contributed by atoms with E-state index in [1.165, 1.54) is 38.0 Å². The Morgan fingerprint density at radius 2 is 1.92 bits per heavy atom. The number of fused-ring (bicyclic) bond motifs is 3. The highest BCUT2D eigenvalue weighted by molar-refractivity contribution is 5.70. The van der Waals surface area contributed by atoms with Crippen LogP contribution in [0.15, 0.2) is 42.5 Å². The molecule has 2 nitrogen and oxygen atoms in total. The standard InChI is InChI=1S/C21H23FN2/c22-17-6-4-15(5-7-17)8-11-23-12-10-20-19(14-23)18-3-1-2-16-9-13-24(20)21(16)18/h1-7,19-20H,8-14H2/t19-,20-/m1/s1. The molecule has 24 heavy (non-hydrogen) atoms. The highest BCUT2D eigenvalue weighted by Gasteiger charge is 2.44. The Morgan fingerprint density at radius 1 is 1.04 bits per heavy atom. The Morgan fingerprint density at radius 3 is 2.79 bits per heavy atom. The van der Waals surface area contributed by atoms with Gasteiger partial charge in [-0.3, -0.25) is 0 Å². The zero-order chi connectivity index (χ0) is 16.1. The van der Waals surface area contributed by atoms with Gasteiger partial charge in [-0.2, -0.15) is 0 Å². The van der Waals surface area contributed by atoms with E-state index in [9.17, 15) is 4.39 Å². The lowest BCUT2D eigenvalue weighted by atomic mass is 9.87. The molecule has 0 radical (unpaired) electrons. The van der Waals surface area contributed by atoms with Crippen LogP contribution in [0.25, 0.3) is 0 Å². The summed E-state index contributed by atoms with van der Waals surface area (Å²) < 4.78 is 13.0. The maximum Gasteiger partial charge on any atom is 0.123 e. The number of para-hydroxylation sites is 1. The Bertz CT molecular complexity index is 755. The van der Waals surface area contributed by atoms with Crippen molar-refractivity contribution in [3.05, 3.63) is 65.0 Å². The molecule has 1 fully saturated rings. The maximum absolute atomic E-state index is 13.0. The number of halogens is 1. The molecule has 0 aliphatic carbocycles. The SMILES string of the molecule is Fc1ccc(CCN2CC[C@@H]3[C@H](C2)c2cccc4c2N3CC4)cc1. The molecule has 0 spiro atoms. The molecular formula is C21H23FN2. The van der Waals surface area contributed by atoms with Crippen LogP contribution in [-0.4, -0.2) is 37.1 Å². The van der Waals surface area contributed by atoms with E-state index in [1.54, 1.807) is 28.9 Å². The van der Waals surface area contributed by atoms with Crippen LogP contribution in [0.5, 0.6) is 0 Å². The van der Waals surface area contributed by atoms with Gasteiger partial charge in [0.25, 0.3) is 0 Å². The zero-order valence-corrected chi connectivity index (χ0v) is 13.9. The summed E-state index contributed by atoms with van der Waals surface area (Å²) in [5.74, 6) is 0.523. The van der Waals surface area contributed by atoms with E-state index >= 15 is 0 Å². The average Bonchev–Trinajstić information content (AvgIpc) is 3.18. The highest BCUT2D eigenvalue weighted by Crippen LogP contribution is 2.49. The molecule has 5 rings (SSSR count). The summed E-state index contributed by atoms with van der Waals surface area (Å²) in [6, 6.07) is 14.6. The maximum atomic E-state index is 13.0. The molecule has 3 aliphatic heterocycles. The fourth-order valence-corrected chi connectivity index (χ4v) is 4.97. The third-order valence-electron chi connectivity index (χ3n) is 6.15. The molecule has 0 aromatic heterocycles. The van der Waals surface area contributed by atoms with E-state index < -0.39 is 0 Å². The van der Waals surface area contributed by atoms with Gasteiger partial charge in [0.1, 0.15) is 5.82 Å². The summed E-state index contributed by atoms with van der Waals surface area (Å²) in [5, 5.41) is 0. The van der Waals surface area contributed by atoms with E-state index in [0.717, 1.165) is 13.0 Å². The Balaban J connectivity index is 1.30. The second-order valence-corrected chi connectivity index (χ2v) is 7.44. The van der Waals surface area contributed by atoms with Crippen molar-refractivity contribution in [3.8, 4) is 0 Å². The summed E-state index contributed by atoms with van der Waals surface area (Å²) in [5.41, 5.74) is 5.93. The molecule has 2 aromatic carbocycles. The van der Waals surface area contributed by atoms with Crippen LogP contribution in [0.1, 0.15) is 29.0 Å². The van der Waals surface area contributed by atoms with Crippen LogP contribution < -0.4 is 4.90 Å². The second-order valence-electron chi connectivity index (χ2n) is 7.44. The van der Waals surface area contributed by atoms with Crippen molar-refractivity contribution < 1.29 is 4.39 Å². The van der Waals surface area contributed by atoms with Crippen LogP contribution in [-0.2, 0) is 12.8 Å². The van der Waals surface area contributed by atoms with Crippen LogP contribution in [0.3, 0.4) is 0 Å². The van der Waals surface area contributed by atoms with Gasteiger partial charge >= 0.3 is 0 Å². The number of hydrogen-bond donors (Lipinski definition) is 0. The number of anilines is 1. The lowest BCUT2D eigenvalue weighted by molar-refractivity contribution is 0.195. The molecule has 3 aliphatic rings. The first kappa shape index (κ1) is 14.5. The first-order valence-corrected chi connectivity index (χ1v) is 9.15. The number of hydrogen-bond acceptors (Lipinski definition) is 2. The van der Waals surface area contributed by atoms with Gasteiger partial charge in [0, 0.05) is 43.8 Å². The normalized spacial score (nSPS) is 25.0. The van der Waals surface area contributed by atoms with Crippen LogP contribution in [0, 0.1) is 5.82 Å². The highest BCUT2D eigenvalue weighted by atomic mass is 19.1. The Hall–Kier alpha value is -1.87. The molecular weight excluding hydrogens is 299 g/mol. The molecule has 0 unspecified atom stereocenters. The predicted octanol–water partition coefficient (Wildman–Crippen LogP) is 3.60. The van der Waals surface area contributed by atoms with Gasteiger partial charge < -0.3 is 9.80 Å². The summed E-state index contributed by atoms with van der Waals surface area (Å²) in [6.07, 6.45) is 3.50. The molecule has 0 saturated carbocycles. The largest absolute Gasteiger partial charge is 0.367 e. The molecule has 2 atom stereocenters. The van der Waals surface area contributed by atoms with Gasteiger partial charge in [-0.25, -0.2) is 4.39 Å². The number of nitrogens with zero attached hydrogens (tertiary/aromatic N) is 2. The number of benzene rings is 2. The van der Waals surface area contributed by atoms with Gasteiger partial charge in [0.05, 0.1) is 0 Å².